The van der Waals surface area contributed by atoms with Crippen LogP contribution >= 0.6 is 11.6 Å². The van der Waals surface area contributed by atoms with Crippen molar-refractivity contribution in [2.75, 3.05) is 13.7 Å². The third kappa shape index (κ3) is 3.68. The molecule has 1 atom stereocenters. The van der Waals surface area contributed by atoms with Gasteiger partial charge in [0, 0.05) is 12.1 Å². The number of ether oxygens (including phenoxy) is 1. The SMILES string of the molecule is CCCN1C(=O)C(=O)/C(=C(\O)c2ccc(OC)c(C)c2)C1c1ccc(O)c(Cl)c1. The Morgan fingerprint density at radius 1 is 1.21 bits per heavy atom. The number of aryl methyl sites for hydroxylation is 1. The molecule has 2 aromatic carbocycles. The minimum Gasteiger partial charge on any atom is -0.507 e. The van der Waals surface area contributed by atoms with Gasteiger partial charge in [-0.2, -0.15) is 0 Å². The van der Waals surface area contributed by atoms with Gasteiger partial charge in [-0.3, -0.25) is 9.59 Å². The molecule has 0 saturated carbocycles. The number of carbonyl (C=O) groups excluding carboxylic acids is 2. The minimum atomic E-state index is -0.796. The number of rotatable bonds is 5. The summed E-state index contributed by atoms with van der Waals surface area (Å²) < 4.78 is 5.24. The summed E-state index contributed by atoms with van der Waals surface area (Å²) in [4.78, 5) is 26.9. The van der Waals surface area contributed by atoms with E-state index >= 15 is 0 Å². The van der Waals surface area contributed by atoms with Crippen LogP contribution in [0.3, 0.4) is 0 Å². The number of benzene rings is 2. The number of likely N-dealkylation sites (tertiary alicyclic amines) is 1. The summed E-state index contributed by atoms with van der Waals surface area (Å²) in [5.74, 6) is -1.14. The molecule has 1 aliphatic heterocycles. The number of phenolic OH excluding ortho intramolecular Hbond substituents is 1. The van der Waals surface area contributed by atoms with E-state index in [0.717, 1.165) is 5.56 Å². The first-order valence-corrected chi connectivity index (χ1v) is 9.59. The molecule has 3 rings (SSSR count). The molecule has 0 spiro atoms. The highest BCUT2D eigenvalue weighted by molar-refractivity contribution is 6.46. The van der Waals surface area contributed by atoms with Gasteiger partial charge < -0.3 is 19.8 Å². The minimum absolute atomic E-state index is 0.00484. The summed E-state index contributed by atoms with van der Waals surface area (Å²) in [5, 5.41) is 20.8. The highest BCUT2D eigenvalue weighted by atomic mass is 35.5. The first-order valence-electron chi connectivity index (χ1n) is 9.22. The lowest BCUT2D eigenvalue weighted by Gasteiger charge is -2.25. The Morgan fingerprint density at radius 2 is 1.93 bits per heavy atom. The zero-order valence-electron chi connectivity index (χ0n) is 16.4. The molecule has 1 unspecified atom stereocenters. The van der Waals surface area contributed by atoms with Crippen molar-refractivity contribution in [1.29, 1.82) is 0 Å². The first-order chi connectivity index (χ1) is 13.8. The predicted octanol–water partition coefficient (Wildman–Crippen LogP) is 4.19. The molecule has 0 bridgehead atoms. The van der Waals surface area contributed by atoms with E-state index in [-0.39, 0.29) is 22.1 Å². The van der Waals surface area contributed by atoms with Gasteiger partial charge >= 0.3 is 0 Å². The molecule has 2 N–H and O–H groups in total. The fourth-order valence-electron chi connectivity index (χ4n) is 3.57. The number of hydrogen-bond acceptors (Lipinski definition) is 5. The number of phenols is 1. The number of nitrogens with zero attached hydrogens (tertiary/aromatic N) is 1. The highest BCUT2D eigenvalue weighted by Gasteiger charge is 2.45. The van der Waals surface area contributed by atoms with E-state index in [1.807, 2.05) is 13.8 Å². The van der Waals surface area contributed by atoms with Crippen LogP contribution in [-0.2, 0) is 9.59 Å². The van der Waals surface area contributed by atoms with Crippen LogP contribution in [0.15, 0.2) is 42.0 Å². The number of Topliss-reactive ketones (excluding diaryl/α,β-unsaturated/α-hetero) is 1. The van der Waals surface area contributed by atoms with Gasteiger partial charge in [0.05, 0.1) is 23.7 Å². The Hall–Kier alpha value is -2.99. The summed E-state index contributed by atoms with van der Waals surface area (Å²) >= 11 is 6.06. The molecule has 0 aliphatic carbocycles. The van der Waals surface area contributed by atoms with Crippen molar-refractivity contribution in [2.45, 2.75) is 26.3 Å². The van der Waals surface area contributed by atoms with Crippen molar-refractivity contribution < 1.29 is 24.5 Å². The number of methoxy groups -OCH3 is 1. The van der Waals surface area contributed by atoms with E-state index in [9.17, 15) is 19.8 Å². The van der Waals surface area contributed by atoms with Crippen molar-refractivity contribution in [1.82, 2.24) is 4.90 Å². The average molecular weight is 416 g/mol. The first kappa shape index (κ1) is 20.7. The molecular weight excluding hydrogens is 394 g/mol. The maximum atomic E-state index is 12.8. The Labute approximate surface area is 174 Å². The standard InChI is InChI=1S/C22H22ClNO5/c1-4-9-24-19(13-5-7-16(25)15(23)11-13)18(21(27)22(24)28)20(26)14-6-8-17(29-3)12(2)10-14/h5-8,10-11,19,25-26H,4,9H2,1-3H3/b20-18-. The van der Waals surface area contributed by atoms with Crippen LogP contribution in [0.4, 0.5) is 0 Å². The Morgan fingerprint density at radius 3 is 2.52 bits per heavy atom. The van der Waals surface area contributed by atoms with Gasteiger partial charge in [-0.15, -0.1) is 0 Å². The fraction of sp³-hybridized carbons (Fsp3) is 0.273. The predicted molar refractivity (Wildman–Crippen MR) is 110 cm³/mol. The summed E-state index contributed by atoms with van der Waals surface area (Å²) in [6, 6.07) is 8.73. The molecule has 29 heavy (non-hydrogen) atoms. The number of ketones is 1. The molecule has 1 fully saturated rings. The number of aliphatic hydroxyl groups is 1. The zero-order valence-corrected chi connectivity index (χ0v) is 17.2. The molecule has 0 radical (unpaired) electrons. The van der Waals surface area contributed by atoms with Crippen molar-refractivity contribution in [3.8, 4) is 11.5 Å². The summed E-state index contributed by atoms with van der Waals surface area (Å²) in [5.41, 5.74) is 1.72. The topological polar surface area (TPSA) is 87.1 Å². The Kier molecular flexibility index (Phi) is 5.84. The molecule has 6 nitrogen and oxygen atoms in total. The Balaban J connectivity index is 2.20. The normalized spacial score (nSPS) is 18.3. The highest BCUT2D eigenvalue weighted by Crippen LogP contribution is 2.41. The number of aromatic hydroxyl groups is 1. The van der Waals surface area contributed by atoms with Crippen LogP contribution in [0.2, 0.25) is 5.02 Å². The van der Waals surface area contributed by atoms with Crippen molar-refractivity contribution in [3.63, 3.8) is 0 Å². The molecule has 0 aromatic heterocycles. The number of halogens is 1. The summed E-state index contributed by atoms with van der Waals surface area (Å²) in [6.45, 7) is 4.06. The van der Waals surface area contributed by atoms with E-state index in [2.05, 4.69) is 0 Å². The largest absolute Gasteiger partial charge is 0.507 e. The molecule has 1 amide bonds. The second-order valence-electron chi connectivity index (χ2n) is 6.89. The van der Waals surface area contributed by atoms with Gasteiger partial charge in [0.2, 0.25) is 0 Å². The van der Waals surface area contributed by atoms with Gasteiger partial charge in [0.15, 0.2) is 0 Å². The summed E-state index contributed by atoms with van der Waals surface area (Å²) in [6.07, 6.45) is 0.636. The number of carbonyl (C=O) groups is 2. The molecular formula is C22H22ClNO5. The van der Waals surface area contributed by atoms with Gasteiger partial charge in [-0.25, -0.2) is 0 Å². The molecule has 1 aliphatic rings. The maximum absolute atomic E-state index is 12.8. The number of aliphatic hydroxyl groups excluding tert-OH is 1. The molecule has 1 heterocycles. The van der Waals surface area contributed by atoms with Crippen LogP contribution in [0.1, 0.15) is 36.1 Å². The van der Waals surface area contributed by atoms with Gasteiger partial charge in [0.1, 0.15) is 17.3 Å². The van der Waals surface area contributed by atoms with Crippen LogP contribution in [0.25, 0.3) is 5.76 Å². The van der Waals surface area contributed by atoms with Crippen molar-refractivity contribution in [3.05, 3.63) is 63.7 Å². The maximum Gasteiger partial charge on any atom is 0.295 e. The summed E-state index contributed by atoms with van der Waals surface area (Å²) in [7, 11) is 1.55. The Bertz CT molecular complexity index is 1010. The van der Waals surface area contributed by atoms with E-state index in [1.54, 1.807) is 31.4 Å². The third-order valence-corrected chi connectivity index (χ3v) is 5.26. The van der Waals surface area contributed by atoms with Crippen LogP contribution in [0, 0.1) is 6.92 Å². The van der Waals surface area contributed by atoms with Crippen molar-refractivity contribution in [2.24, 2.45) is 0 Å². The van der Waals surface area contributed by atoms with E-state index in [4.69, 9.17) is 16.3 Å². The van der Waals surface area contributed by atoms with Gasteiger partial charge in [-0.05, 0) is 54.8 Å². The molecule has 152 valence electrons. The van der Waals surface area contributed by atoms with E-state index < -0.39 is 17.7 Å². The fourth-order valence-corrected chi connectivity index (χ4v) is 3.76. The van der Waals surface area contributed by atoms with E-state index in [1.165, 1.54) is 17.0 Å². The van der Waals surface area contributed by atoms with Gasteiger partial charge in [0.25, 0.3) is 11.7 Å². The molecule has 1 saturated heterocycles. The lowest BCUT2D eigenvalue weighted by Crippen LogP contribution is -2.30. The van der Waals surface area contributed by atoms with Gasteiger partial charge in [-0.1, -0.05) is 24.6 Å². The second-order valence-corrected chi connectivity index (χ2v) is 7.29. The average Bonchev–Trinajstić information content (AvgIpc) is 2.94. The number of amides is 1. The monoisotopic (exact) mass is 415 g/mol. The molecule has 2 aromatic rings. The van der Waals surface area contributed by atoms with Crippen LogP contribution in [0.5, 0.6) is 11.5 Å². The van der Waals surface area contributed by atoms with Crippen molar-refractivity contribution >= 4 is 29.1 Å². The van der Waals surface area contributed by atoms with Crippen LogP contribution < -0.4 is 4.74 Å². The quantitative estimate of drug-likeness (QED) is 0.434. The lowest BCUT2D eigenvalue weighted by atomic mass is 9.94. The van der Waals surface area contributed by atoms with E-state index in [0.29, 0.717) is 29.8 Å². The number of hydrogen-bond donors (Lipinski definition) is 2. The second kappa shape index (κ2) is 8.17. The smallest absolute Gasteiger partial charge is 0.295 e. The lowest BCUT2D eigenvalue weighted by molar-refractivity contribution is -0.139. The molecule has 7 heteroatoms. The van der Waals surface area contributed by atoms with Crippen LogP contribution in [-0.4, -0.2) is 40.5 Å². The third-order valence-electron chi connectivity index (χ3n) is 4.96. The zero-order chi connectivity index (χ0) is 21.3.